The van der Waals surface area contributed by atoms with Gasteiger partial charge in [0.25, 0.3) is 0 Å². The van der Waals surface area contributed by atoms with Gasteiger partial charge >= 0.3 is 0 Å². The summed E-state index contributed by atoms with van der Waals surface area (Å²) in [5, 5.41) is 5.03. The number of nitrogens with zero attached hydrogens (tertiary/aromatic N) is 6. The molecule has 1 spiro atoms. The van der Waals surface area contributed by atoms with Crippen LogP contribution in [0.5, 0.6) is 0 Å². The number of hydrogen-bond acceptors (Lipinski definition) is 4. The zero-order valence-electron chi connectivity index (χ0n) is 17.0. The highest BCUT2D eigenvalue weighted by molar-refractivity contribution is 5.90. The molecule has 1 fully saturated rings. The lowest BCUT2D eigenvalue weighted by Gasteiger charge is -2.27. The molecule has 1 unspecified atom stereocenters. The van der Waals surface area contributed by atoms with Crippen LogP contribution in [0, 0.1) is 0 Å². The first-order chi connectivity index (χ1) is 14.1. The lowest BCUT2D eigenvalue weighted by atomic mass is 9.82. The number of likely N-dealkylation sites (N-methyl/N-ethyl adjacent to an activating group) is 1. The second-order valence-electron chi connectivity index (χ2n) is 8.76. The SMILES string of the molecule is CN1CC(c2cc3n(n2)CCC32CCN(c3nccn3C)C2)=Cc2ccccc21. The smallest absolute Gasteiger partial charge is 0.205 e. The normalized spacial score (nSPS) is 22.9. The molecule has 5 heterocycles. The highest BCUT2D eigenvalue weighted by Crippen LogP contribution is 2.44. The minimum atomic E-state index is 0.205. The first kappa shape index (κ1) is 16.9. The summed E-state index contributed by atoms with van der Waals surface area (Å²) in [6.07, 6.45) is 8.59. The first-order valence-corrected chi connectivity index (χ1v) is 10.4. The van der Waals surface area contributed by atoms with Crippen molar-refractivity contribution in [2.45, 2.75) is 24.8 Å². The van der Waals surface area contributed by atoms with Crippen LogP contribution in [-0.2, 0) is 19.0 Å². The average Bonchev–Trinajstić information content (AvgIpc) is 3.48. The molecule has 0 radical (unpaired) electrons. The van der Waals surface area contributed by atoms with Crippen molar-refractivity contribution in [2.75, 3.05) is 36.5 Å². The van der Waals surface area contributed by atoms with Crippen LogP contribution >= 0.6 is 0 Å². The molecule has 0 bridgehead atoms. The van der Waals surface area contributed by atoms with Crippen LogP contribution in [0.2, 0.25) is 0 Å². The monoisotopic (exact) mass is 386 g/mol. The largest absolute Gasteiger partial charge is 0.370 e. The molecule has 0 aliphatic carbocycles. The fourth-order valence-electron chi connectivity index (χ4n) is 5.42. The van der Waals surface area contributed by atoms with E-state index in [0.29, 0.717) is 0 Å². The third-order valence-electron chi connectivity index (χ3n) is 6.97. The number of hydrogen-bond donors (Lipinski definition) is 0. The maximum atomic E-state index is 5.03. The topological polar surface area (TPSA) is 42.1 Å². The third-order valence-corrected chi connectivity index (χ3v) is 6.97. The Morgan fingerprint density at radius 2 is 1.93 bits per heavy atom. The van der Waals surface area contributed by atoms with Crippen molar-refractivity contribution < 1.29 is 0 Å². The van der Waals surface area contributed by atoms with Crippen molar-refractivity contribution in [3.63, 3.8) is 0 Å². The summed E-state index contributed by atoms with van der Waals surface area (Å²) in [6, 6.07) is 11.0. The predicted octanol–water partition coefficient (Wildman–Crippen LogP) is 3.16. The molecule has 0 saturated carbocycles. The number of aromatic nitrogens is 4. The minimum absolute atomic E-state index is 0.205. The predicted molar refractivity (Wildman–Crippen MR) is 116 cm³/mol. The second kappa shape index (κ2) is 5.99. The van der Waals surface area contributed by atoms with Crippen molar-refractivity contribution in [3.05, 3.63) is 59.7 Å². The maximum absolute atomic E-state index is 5.03. The van der Waals surface area contributed by atoms with Crippen molar-refractivity contribution in [1.82, 2.24) is 19.3 Å². The molecule has 1 atom stereocenters. The second-order valence-corrected chi connectivity index (χ2v) is 8.76. The number of fused-ring (bicyclic) bond motifs is 3. The Morgan fingerprint density at radius 1 is 1.07 bits per heavy atom. The standard InChI is InChI=1S/C23H26N6/c1-26-12-9-24-22(26)28-10-7-23(16-28)8-11-29-21(23)14-19(25-29)18-13-17-5-3-4-6-20(17)27(2)15-18/h3-6,9,12-14H,7-8,10-11,15-16H2,1-2H3. The van der Waals surface area contributed by atoms with E-state index >= 15 is 0 Å². The molecule has 0 amide bonds. The van der Waals surface area contributed by atoms with Crippen LogP contribution in [0.1, 0.15) is 29.8 Å². The van der Waals surface area contributed by atoms with Crippen LogP contribution in [0.4, 0.5) is 11.6 Å². The van der Waals surface area contributed by atoms with E-state index in [1.807, 2.05) is 12.4 Å². The van der Waals surface area contributed by atoms with Gasteiger partial charge in [0.2, 0.25) is 5.95 Å². The quantitative estimate of drug-likeness (QED) is 0.679. The number of benzene rings is 1. The number of para-hydroxylation sites is 1. The summed E-state index contributed by atoms with van der Waals surface area (Å²) in [5.74, 6) is 1.08. The molecule has 2 aromatic heterocycles. The van der Waals surface area contributed by atoms with E-state index in [4.69, 9.17) is 5.10 Å². The number of aryl methyl sites for hydroxylation is 2. The van der Waals surface area contributed by atoms with E-state index in [1.54, 1.807) is 0 Å². The molecule has 0 N–H and O–H groups in total. The van der Waals surface area contributed by atoms with Gasteiger partial charge in [-0.05, 0) is 42.2 Å². The Bertz CT molecular complexity index is 1120. The van der Waals surface area contributed by atoms with Crippen LogP contribution in [-0.4, -0.2) is 46.0 Å². The van der Waals surface area contributed by atoms with Crippen molar-refractivity contribution in [1.29, 1.82) is 0 Å². The molecular formula is C23H26N6. The average molecular weight is 387 g/mol. The van der Waals surface area contributed by atoms with Crippen molar-refractivity contribution in [2.24, 2.45) is 7.05 Å². The Kier molecular flexibility index (Phi) is 3.49. The summed E-state index contributed by atoms with van der Waals surface area (Å²) in [4.78, 5) is 9.33. The molecular weight excluding hydrogens is 360 g/mol. The summed E-state index contributed by atoms with van der Waals surface area (Å²) >= 11 is 0. The maximum Gasteiger partial charge on any atom is 0.205 e. The van der Waals surface area contributed by atoms with Gasteiger partial charge in [0.15, 0.2) is 0 Å². The van der Waals surface area contributed by atoms with Crippen LogP contribution in [0.3, 0.4) is 0 Å². The van der Waals surface area contributed by atoms with E-state index < -0.39 is 0 Å². The van der Waals surface area contributed by atoms with E-state index in [9.17, 15) is 0 Å². The van der Waals surface area contributed by atoms with Gasteiger partial charge in [-0.15, -0.1) is 0 Å². The minimum Gasteiger partial charge on any atom is -0.370 e. The highest BCUT2D eigenvalue weighted by atomic mass is 15.3. The van der Waals surface area contributed by atoms with Gasteiger partial charge in [-0.1, -0.05) is 18.2 Å². The molecule has 1 aromatic carbocycles. The van der Waals surface area contributed by atoms with Crippen LogP contribution in [0.15, 0.2) is 42.7 Å². The Hall–Kier alpha value is -3.02. The lowest BCUT2D eigenvalue weighted by molar-refractivity contribution is 0.471. The van der Waals surface area contributed by atoms with Gasteiger partial charge < -0.3 is 14.4 Å². The Labute approximate surface area is 171 Å². The van der Waals surface area contributed by atoms with E-state index in [2.05, 4.69) is 74.5 Å². The van der Waals surface area contributed by atoms with Crippen LogP contribution < -0.4 is 9.80 Å². The molecule has 3 aliphatic heterocycles. The molecule has 3 aromatic rings. The van der Waals surface area contributed by atoms with Gasteiger partial charge in [-0.25, -0.2) is 4.98 Å². The summed E-state index contributed by atoms with van der Waals surface area (Å²) in [6.45, 7) is 4.01. The van der Waals surface area contributed by atoms with Crippen molar-refractivity contribution >= 4 is 23.3 Å². The number of rotatable bonds is 2. The zero-order chi connectivity index (χ0) is 19.6. The summed E-state index contributed by atoms with van der Waals surface area (Å²) in [5.41, 5.74) is 6.63. The number of anilines is 2. The summed E-state index contributed by atoms with van der Waals surface area (Å²) < 4.78 is 4.38. The van der Waals surface area contributed by atoms with Gasteiger partial charge in [-0.2, -0.15) is 5.10 Å². The van der Waals surface area contributed by atoms with E-state index in [1.165, 1.54) is 35.4 Å². The molecule has 6 heteroatoms. The molecule has 29 heavy (non-hydrogen) atoms. The molecule has 6 nitrogen and oxygen atoms in total. The molecule has 6 rings (SSSR count). The molecule has 3 aliphatic rings. The first-order valence-electron chi connectivity index (χ1n) is 10.4. The fourth-order valence-corrected chi connectivity index (χ4v) is 5.42. The van der Waals surface area contributed by atoms with Crippen molar-refractivity contribution in [3.8, 4) is 0 Å². The Morgan fingerprint density at radius 3 is 2.79 bits per heavy atom. The molecule has 148 valence electrons. The molecule has 1 saturated heterocycles. The van der Waals surface area contributed by atoms with Gasteiger partial charge in [-0.3, -0.25) is 4.68 Å². The van der Waals surface area contributed by atoms with Gasteiger partial charge in [0.1, 0.15) is 0 Å². The third kappa shape index (κ3) is 2.48. The highest BCUT2D eigenvalue weighted by Gasteiger charge is 2.46. The lowest BCUT2D eigenvalue weighted by Crippen LogP contribution is -2.30. The van der Waals surface area contributed by atoms with E-state index in [0.717, 1.165) is 37.8 Å². The van der Waals surface area contributed by atoms with Crippen LogP contribution in [0.25, 0.3) is 11.6 Å². The fraction of sp³-hybridized carbons (Fsp3) is 0.391. The van der Waals surface area contributed by atoms with E-state index in [-0.39, 0.29) is 5.41 Å². The van der Waals surface area contributed by atoms with Gasteiger partial charge in [0.05, 0.1) is 5.69 Å². The summed E-state index contributed by atoms with van der Waals surface area (Å²) in [7, 11) is 4.24. The van der Waals surface area contributed by atoms with Gasteiger partial charge in [0, 0.05) is 69.5 Å². The zero-order valence-corrected chi connectivity index (χ0v) is 17.0. The Balaban J connectivity index is 1.33. The number of imidazole rings is 1.